The van der Waals surface area contributed by atoms with Crippen LogP contribution in [0.4, 0.5) is 5.13 Å². The summed E-state index contributed by atoms with van der Waals surface area (Å²) in [6.45, 7) is 6.97. The van der Waals surface area contributed by atoms with Gasteiger partial charge in [0, 0.05) is 0 Å². The molecule has 1 amide bonds. The van der Waals surface area contributed by atoms with Gasteiger partial charge in [0.1, 0.15) is 10.8 Å². The predicted octanol–water partition coefficient (Wildman–Crippen LogP) is 3.16. The summed E-state index contributed by atoms with van der Waals surface area (Å²) in [6.07, 6.45) is 3.81. The van der Waals surface area contributed by atoms with E-state index < -0.39 is 0 Å². The molecule has 1 aromatic carbocycles. The van der Waals surface area contributed by atoms with Gasteiger partial charge in [-0.3, -0.25) is 15.0 Å². The lowest BCUT2D eigenvalue weighted by Gasteiger charge is -2.24. The molecule has 0 spiro atoms. The molecule has 3 rings (SSSR count). The number of ether oxygens (including phenoxy) is 1. The molecule has 0 bridgehead atoms. The Morgan fingerprint density at radius 3 is 2.84 bits per heavy atom. The van der Waals surface area contributed by atoms with Crippen molar-refractivity contribution in [1.29, 1.82) is 0 Å². The van der Waals surface area contributed by atoms with E-state index in [4.69, 9.17) is 4.74 Å². The summed E-state index contributed by atoms with van der Waals surface area (Å²) in [4.78, 5) is 14.5. The molecule has 0 atom stereocenters. The van der Waals surface area contributed by atoms with Crippen LogP contribution in [0.25, 0.3) is 0 Å². The van der Waals surface area contributed by atoms with Crippen molar-refractivity contribution in [2.24, 2.45) is 0 Å². The van der Waals surface area contributed by atoms with Crippen LogP contribution in [-0.2, 0) is 11.3 Å². The molecule has 25 heavy (non-hydrogen) atoms. The monoisotopic (exact) mass is 360 g/mol. The van der Waals surface area contributed by atoms with E-state index in [-0.39, 0.29) is 12.5 Å². The Bertz CT molecular complexity index is 726. The molecule has 6 nitrogen and oxygen atoms in total. The second kappa shape index (κ2) is 8.40. The molecule has 1 aliphatic rings. The van der Waals surface area contributed by atoms with Gasteiger partial charge in [0.15, 0.2) is 6.61 Å². The Morgan fingerprint density at radius 2 is 2.04 bits per heavy atom. The molecule has 1 fully saturated rings. The molecule has 134 valence electrons. The quantitative estimate of drug-likeness (QED) is 0.857. The number of nitrogens with zero attached hydrogens (tertiary/aromatic N) is 3. The molecule has 1 N–H and O–H groups in total. The Labute approximate surface area is 152 Å². The lowest BCUT2D eigenvalue weighted by atomic mass is 10.1. The van der Waals surface area contributed by atoms with Crippen molar-refractivity contribution < 1.29 is 9.53 Å². The zero-order chi connectivity index (χ0) is 17.6. The Balaban J connectivity index is 1.48. The lowest BCUT2D eigenvalue weighted by Crippen LogP contribution is -2.28. The molecule has 1 aliphatic heterocycles. The van der Waals surface area contributed by atoms with E-state index in [1.807, 2.05) is 32.0 Å². The standard InChI is InChI=1S/C18H24N4O2S/c1-13-6-7-14(2)15(10-13)24-12-16(23)19-18-21-20-17(25-18)11-22-8-4-3-5-9-22/h6-7,10H,3-5,8-9,11-12H2,1-2H3,(H,19,21,23). The van der Waals surface area contributed by atoms with Gasteiger partial charge in [-0.15, -0.1) is 10.2 Å². The van der Waals surface area contributed by atoms with Gasteiger partial charge in [-0.05, 0) is 57.0 Å². The van der Waals surface area contributed by atoms with Crippen LogP contribution in [0.3, 0.4) is 0 Å². The third-order valence-corrected chi connectivity index (χ3v) is 5.05. The lowest BCUT2D eigenvalue weighted by molar-refractivity contribution is -0.118. The average molecular weight is 360 g/mol. The number of likely N-dealkylation sites (tertiary alicyclic amines) is 1. The van der Waals surface area contributed by atoms with E-state index >= 15 is 0 Å². The minimum Gasteiger partial charge on any atom is -0.483 e. The van der Waals surface area contributed by atoms with Crippen LogP contribution in [0, 0.1) is 13.8 Å². The molecule has 2 aromatic rings. The van der Waals surface area contributed by atoms with Gasteiger partial charge in [-0.2, -0.15) is 0 Å². The summed E-state index contributed by atoms with van der Waals surface area (Å²) >= 11 is 1.43. The maximum atomic E-state index is 12.1. The van der Waals surface area contributed by atoms with Gasteiger partial charge < -0.3 is 4.74 Å². The van der Waals surface area contributed by atoms with Gasteiger partial charge in [-0.25, -0.2) is 0 Å². The normalized spacial score (nSPS) is 15.1. The smallest absolute Gasteiger partial charge is 0.264 e. The molecule has 1 aromatic heterocycles. The van der Waals surface area contributed by atoms with Crippen molar-refractivity contribution in [2.75, 3.05) is 25.0 Å². The third-order valence-electron chi connectivity index (χ3n) is 4.22. The fourth-order valence-electron chi connectivity index (χ4n) is 2.84. The van der Waals surface area contributed by atoms with Crippen LogP contribution >= 0.6 is 11.3 Å². The van der Waals surface area contributed by atoms with Gasteiger partial charge in [0.2, 0.25) is 5.13 Å². The molecular weight excluding hydrogens is 336 g/mol. The number of piperidine rings is 1. The molecular formula is C18H24N4O2S. The number of hydrogen-bond donors (Lipinski definition) is 1. The van der Waals surface area contributed by atoms with Crippen LogP contribution in [0.15, 0.2) is 18.2 Å². The number of carbonyl (C=O) groups excluding carboxylic acids is 1. The van der Waals surface area contributed by atoms with Crippen LogP contribution in [0.1, 0.15) is 35.4 Å². The number of aryl methyl sites for hydroxylation is 2. The summed E-state index contributed by atoms with van der Waals surface area (Å²) < 4.78 is 5.62. The van der Waals surface area contributed by atoms with Crippen molar-refractivity contribution in [2.45, 2.75) is 39.7 Å². The van der Waals surface area contributed by atoms with E-state index in [0.29, 0.717) is 5.13 Å². The highest BCUT2D eigenvalue weighted by atomic mass is 32.1. The SMILES string of the molecule is Cc1ccc(C)c(OCC(=O)Nc2nnc(CN3CCCCC3)s2)c1. The Morgan fingerprint density at radius 1 is 1.24 bits per heavy atom. The number of hydrogen-bond acceptors (Lipinski definition) is 6. The van der Waals surface area contributed by atoms with E-state index in [1.54, 1.807) is 0 Å². The third kappa shape index (κ3) is 5.24. The predicted molar refractivity (Wildman–Crippen MR) is 99.1 cm³/mol. The van der Waals surface area contributed by atoms with E-state index in [0.717, 1.165) is 41.5 Å². The van der Waals surface area contributed by atoms with Gasteiger partial charge in [0.05, 0.1) is 6.54 Å². The first kappa shape index (κ1) is 17.8. The van der Waals surface area contributed by atoms with Crippen LogP contribution in [-0.4, -0.2) is 40.7 Å². The number of rotatable bonds is 6. The zero-order valence-electron chi connectivity index (χ0n) is 14.7. The second-order valence-corrected chi connectivity index (χ2v) is 7.51. The summed E-state index contributed by atoms with van der Waals surface area (Å²) in [5.74, 6) is 0.514. The van der Waals surface area contributed by atoms with Crippen molar-refractivity contribution in [1.82, 2.24) is 15.1 Å². The molecule has 0 saturated carbocycles. The van der Waals surface area contributed by atoms with E-state index in [1.165, 1.54) is 30.6 Å². The Kier molecular flexibility index (Phi) is 5.99. The summed E-state index contributed by atoms with van der Waals surface area (Å²) in [7, 11) is 0. The van der Waals surface area contributed by atoms with Gasteiger partial charge >= 0.3 is 0 Å². The van der Waals surface area contributed by atoms with Crippen molar-refractivity contribution in [3.05, 3.63) is 34.3 Å². The fourth-order valence-corrected chi connectivity index (χ4v) is 3.64. The van der Waals surface area contributed by atoms with Crippen LogP contribution in [0.2, 0.25) is 0 Å². The maximum Gasteiger partial charge on any atom is 0.264 e. The van der Waals surface area contributed by atoms with Crippen LogP contribution < -0.4 is 10.1 Å². The van der Waals surface area contributed by atoms with E-state index in [9.17, 15) is 4.79 Å². The average Bonchev–Trinajstić information content (AvgIpc) is 3.03. The second-order valence-electron chi connectivity index (χ2n) is 6.44. The highest BCUT2D eigenvalue weighted by Gasteiger charge is 2.14. The van der Waals surface area contributed by atoms with Crippen molar-refractivity contribution in [3.8, 4) is 5.75 Å². The molecule has 0 radical (unpaired) electrons. The Hall–Kier alpha value is -1.99. The highest BCUT2D eigenvalue weighted by molar-refractivity contribution is 7.15. The summed E-state index contributed by atoms with van der Waals surface area (Å²) in [6, 6.07) is 5.94. The number of amides is 1. The molecule has 2 heterocycles. The largest absolute Gasteiger partial charge is 0.483 e. The summed E-state index contributed by atoms with van der Waals surface area (Å²) in [5.41, 5.74) is 2.12. The fraction of sp³-hybridized carbons (Fsp3) is 0.500. The first-order valence-corrected chi connectivity index (χ1v) is 9.46. The molecule has 0 aliphatic carbocycles. The number of nitrogens with one attached hydrogen (secondary N) is 1. The van der Waals surface area contributed by atoms with Crippen molar-refractivity contribution >= 4 is 22.4 Å². The molecule has 7 heteroatoms. The number of carbonyl (C=O) groups is 1. The van der Waals surface area contributed by atoms with E-state index in [2.05, 4.69) is 20.4 Å². The topological polar surface area (TPSA) is 67.3 Å². The van der Waals surface area contributed by atoms with Gasteiger partial charge in [-0.1, -0.05) is 29.9 Å². The summed E-state index contributed by atoms with van der Waals surface area (Å²) in [5, 5.41) is 12.5. The first-order valence-electron chi connectivity index (χ1n) is 8.65. The number of benzene rings is 1. The van der Waals surface area contributed by atoms with Gasteiger partial charge in [0.25, 0.3) is 5.91 Å². The first-order chi connectivity index (χ1) is 12.1. The minimum atomic E-state index is -0.221. The minimum absolute atomic E-state index is 0.0364. The molecule has 1 saturated heterocycles. The van der Waals surface area contributed by atoms with Crippen molar-refractivity contribution in [3.63, 3.8) is 0 Å². The molecule has 0 unspecified atom stereocenters. The van der Waals surface area contributed by atoms with Crippen LogP contribution in [0.5, 0.6) is 5.75 Å². The maximum absolute atomic E-state index is 12.1. The number of aromatic nitrogens is 2. The highest BCUT2D eigenvalue weighted by Crippen LogP contribution is 2.20. The zero-order valence-corrected chi connectivity index (χ0v) is 15.6. The number of anilines is 1.